The van der Waals surface area contributed by atoms with Crippen molar-refractivity contribution in [3.05, 3.63) is 29.1 Å². The number of thioether (sulfide) groups is 1. The quantitative estimate of drug-likeness (QED) is 0.790. The Kier molecular flexibility index (Phi) is 3.16. The van der Waals surface area contributed by atoms with Crippen LogP contribution in [0.2, 0.25) is 0 Å². The number of hydrogen-bond donors (Lipinski definition) is 0. The van der Waals surface area contributed by atoms with Gasteiger partial charge >= 0.3 is 0 Å². The summed E-state index contributed by atoms with van der Waals surface area (Å²) >= 11 is 7.14. The zero-order valence-corrected chi connectivity index (χ0v) is 10.6. The monoisotopic (exact) mass is 254 g/mol. The van der Waals surface area contributed by atoms with Crippen molar-refractivity contribution in [3.63, 3.8) is 0 Å². The molecular formula is C10H11ClN4S. The van der Waals surface area contributed by atoms with E-state index in [0.717, 1.165) is 11.4 Å². The van der Waals surface area contributed by atoms with Crippen LogP contribution in [0.25, 0.3) is 5.78 Å². The molecule has 0 aliphatic rings. The first-order valence-electron chi connectivity index (χ1n) is 4.73. The highest BCUT2D eigenvalue weighted by Crippen LogP contribution is 2.18. The topological polar surface area (TPSA) is 43.1 Å². The molecular weight excluding hydrogens is 244 g/mol. The van der Waals surface area contributed by atoms with Crippen molar-refractivity contribution in [1.29, 1.82) is 0 Å². The summed E-state index contributed by atoms with van der Waals surface area (Å²) in [5.74, 6) is 1.23. The van der Waals surface area contributed by atoms with Crippen LogP contribution in [0.4, 0.5) is 0 Å². The molecule has 84 valence electrons. The second kappa shape index (κ2) is 4.43. The molecule has 0 unspecified atom stereocenters. The normalized spacial score (nSPS) is 10.9. The highest BCUT2D eigenvalue weighted by atomic mass is 35.5. The van der Waals surface area contributed by atoms with Crippen molar-refractivity contribution in [3.8, 4) is 0 Å². The molecule has 2 aromatic rings. The van der Waals surface area contributed by atoms with Gasteiger partial charge in [0.15, 0.2) is 0 Å². The molecule has 0 aliphatic heterocycles. The van der Waals surface area contributed by atoms with Gasteiger partial charge in [-0.1, -0.05) is 29.9 Å². The van der Waals surface area contributed by atoms with Gasteiger partial charge in [0.2, 0.25) is 5.16 Å². The summed E-state index contributed by atoms with van der Waals surface area (Å²) in [6, 6.07) is 1.97. The third-order valence-electron chi connectivity index (χ3n) is 1.96. The smallest absolute Gasteiger partial charge is 0.216 e. The maximum atomic E-state index is 5.69. The van der Waals surface area contributed by atoms with Crippen LogP contribution in [0, 0.1) is 13.8 Å². The number of hydrogen-bond acceptors (Lipinski definition) is 4. The lowest BCUT2D eigenvalue weighted by Gasteiger charge is -1.97. The molecule has 0 N–H and O–H groups in total. The van der Waals surface area contributed by atoms with Gasteiger partial charge in [-0.05, 0) is 19.9 Å². The summed E-state index contributed by atoms with van der Waals surface area (Å²) in [6.07, 6.45) is 0. The second-order valence-corrected chi connectivity index (χ2v) is 4.93. The van der Waals surface area contributed by atoms with E-state index in [4.69, 9.17) is 11.6 Å². The average molecular weight is 255 g/mol. The third-order valence-corrected chi connectivity index (χ3v) is 3.17. The van der Waals surface area contributed by atoms with Gasteiger partial charge in [0, 0.05) is 22.2 Å². The highest BCUT2D eigenvalue weighted by molar-refractivity contribution is 7.99. The lowest BCUT2D eigenvalue weighted by Crippen LogP contribution is -1.97. The van der Waals surface area contributed by atoms with Crippen LogP contribution in [0.5, 0.6) is 0 Å². The van der Waals surface area contributed by atoms with Gasteiger partial charge in [-0.25, -0.2) is 9.50 Å². The van der Waals surface area contributed by atoms with E-state index in [1.807, 2.05) is 19.9 Å². The summed E-state index contributed by atoms with van der Waals surface area (Å²) in [6.45, 7) is 7.54. The number of aromatic nitrogens is 4. The fourth-order valence-electron chi connectivity index (χ4n) is 1.35. The van der Waals surface area contributed by atoms with Gasteiger partial charge in [0.25, 0.3) is 5.78 Å². The Balaban J connectivity index is 2.36. The van der Waals surface area contributed by atoms with Crippen molar-refractivity contribution in [2.45, 2.75) is 19.0 Å². The first kappa shape index (κ1) is 11.4. The number of fused-ring (bicyclic) bond motifs is 1. The molecule has 0 fully saturated rings. The minimum Gasteiger partial charge on any atom is -0.216 e. The van der Waals surface area contributed by atoms with Crippen molar-refractivity contribution in [2.75, 3.05) is 5.75 Å². The van der Waals surface area contributed by atoms with E-state index in [1.165, 1.54) is 11.8 Å². The van der Waals surface area contributed by atoms with E-state index in [1.54, 1.807) is 4.52 Å². The van der Waals surface area contributed by atoms with Gasteiger partial charge in [0.1, 0.15) is 0 Å². The first-order chi connectivity index (χ1) is 7.56. The fraction of sp³-hybridized carbons (Fsp3) is 0.300. The molecule has 0 spiro atoms. The van der Waals surface area contributed by atoms with E-state index >= 15 is 0 Å². The van der Waals surface area contributed by atoms with Gasteiger partial charge in [-0.3, -0.25) is 0 Å². The van der Waals surface area contributed by atoms with Crippen LogP contribution in [-0.2, 0) is 0 Å². The Bertz CT molecular complexity index is 549. The Morgan fingerprint density at radius 3 is 2.94 bits per heavy atom. The van der Waals surface area contributed by atoms with Gasteiger partial charge in [-0.15, -0.1) is 5.10 Å². The molecule has 6 heteroatoms. The third kappa shape index (κ3) is 2.36. The second-order valence-electron chi connectivity index (χ2n) is 3.45. The average Bonchev–Trinajstić information content (AvgIpc) is 2.57. The van der Waals surface area contributed by atoms with Crippen molar-refractivity contribution < 1.29 is 0 Å². The highest BCUT2D eigenvalue weighted by Gasteiger charge is 2.07. The molecule has 2 heterocycles. The first-order valence-corrected chi connectivity index (χ1v) is 6.10. The predicted molar refractivity (Wildman–Crippen MR) is 66.0 cm³/mol. The zero-order chi connectivity index (χ0) is 11.7. The Labute approximate surface area is 103 Å². The lowest BCUT2D eigenvalue weighted by molar-refractivity contribution is 0.843. The lowest BCUT2D eigenvalue weighted by atomic mass is 10.4. The minimum atomic E-state index is 0.588. The maximum Gasteiger partial charge on any atom is 0.253 e. The van der Waals surface area contributed by atoms with Gasteiger partial charge in [-0.2, -0.15) is 4.98 Å². The molecule has 0 aliphatic carbocycles. The largest absolute Gasteiger partial charge is 0.253 e. The number of nitrogens with zero attached hydrogens (tertiary/aromatic N) is 4. The summed E-state index contributed by atoms with van der Waals surface area (Å²) in [5, 5.41) is 5.59. The Hall–Kier alpha value is -1.07. The zero-order valence-electron chi connectivity index (χ0n) is 9.07. The molecule has 0 saturated carbocycles. The maximum absolute atomic E-state index is 5.69. The molecule has 0 aromatic carbocycles. The van der Waals surface area contributed by atoms with E-state index < -0.39 is 0 Å². The van der Waals surface area contributed by atoms with E-state index in [0.29, 0.717) is 21.7 Å². The Morgan fingerprint density at radius 1 is 1.50 bits per heavy atom. The molecule has 0 atom stereocenters. The van der Waals surface area contributed by atoms with E-state index in [-0.39, 0.29) is 0 Å². The molecule has 2 rings (SSSR count). The molecule has 2 aromatic heterocycles. The van der Waals surface area contributed by atoms with Gasteiger partial charge in [0.05, 0.1) is 0 Å². The summed E-state index contributed by atoms with van der Waals surface area (Å²) < 4.78 is 1.73. The van der Waals surface area contributed by atoms with Crippen molar-refractivity contribution in [1.82, 2.24) is 19.6 Å². The number of aryl methyl sites for hydroxylation is 2. The van der Waals surface area contributed by atoms with E-state index in [2.05, 4.69) is 21.6 Å². The fourth-order valence-corrected chi connectivity index (χ4v) is 2.09. The molecule has 0 saturated heterocycles. The van der Waals surface area contributed by atoms with Gasteiger partial charge < -0.3 is 0 Å². The van der Waals surface area contributed by atoms with Crippen LogP contribution in [0.3, 0.4) is 0 Å². The standard InChI is InChI=1S/C10H11ClN4S/c1-6(11)5-16-10-13-9-12-7(2)4-8(3)15(9)14-10/h4H,1,5H2,2-3H3. The van der Waals surface area contributed by atoms with Crippen LogP contribution in [0.15, 0.2) is 22.8 Å². The van der Waals surface area contributed by atoms with Crippen molar-refractivity contribution >= 4 is 29.1 Å². The molecule has 4 nitrogen and oxygen atoms in total. The van der Waals surface area contributed by atoms with Crippen molar-refractivity contribution in [2.24, 2.45) is 0 Å². The van der Waals surface area contributed by atoms with E-state index in [9.17, 15) is 0 Å². The summed E-state index contributed by atoms with van der Waals surface area (Å²) in [7, 11) is 0. The van der Waals surface area contributed by atoms with Crippen LogP contribution in [0.1, 0.15) is 11.4 Å². The summed E-state index contributed by atoms with van der Waals surface area (Å²) in [4.78, 5) is 8.62. The SMILES string of the molecule is C=C(Cl)CSc1nc2nc(C)cc(C)n2n1. The molecule has 0 radical (unpaired) electrons. The molecule has 0 amide bonds. The molecule has 16 heavy (non-hydrogen) atoms. The number of halogens is 1. The predicted octanol–water partition coefficient (Wildman–Crippen LogP) is 2.59. The van der Waals surface area contributed by atoms with Crippen LogP contribution < -0.4 is 0 Å². The minimum absolute atomic E-state index is 0.588. The number of rotatable bonds is 3. The molecule has 0 bridgehead atoms. The van der Waals surface area contributed by atoms with Crippen LogP contribution >= 0.6 is 23.4 Å². The summed E-state index contributed by atoms with van der Waals surface area (Å²) in [5.41, 5.74) is 1.96. The van der Waals surface area contributed by atoms with Crippen LogP contribution in [-0.4, -0.2) is 25.3 Å². The Morgan fingerprint density at radius 2 is 2.25 bits per heavy atom.